The van der Waals surface area contributed by atoms with Crippen LogP contribution in [0.2, 0.25) is 0 Å². The van der Waals surface area contributed by atoms with Gasteiger partial charge in [-0.2, -0.15) is 0 Å². The molecule has 0 bridgehead atoms. The summed E-state index contributed by atoms with van der Waals surface area (Å²) in [7, 11) is -9.92. The van der Waals surface area contributed by atoms with Crippen LogP contribution in [0.1, 0.15) is 415 Å². The summed E-state index contributed by atoms with van der Waals surface area (Å²) in [5.41, 5.74) is 0. The molecule has 0 aliphatic carbocycles. The van der Waals surface area contributed by atoms with E-state index >= 15 is 0 Å². The zero-order chi connectivity index (χ0) is 73.8. The number of carbonyl (C=O) groups is 4. The molecular formula is C81H158O17P2. The summed E-state index contributed by atoms with van der Waals surface area (Å²) >= 11 is 0. The van der Waals surface area contributed by atoms with E-state index in [-0.39, 0.29) is 25.7 Å². The van der Waals surface area contributed by atoms with Crippen molar-refractivity contribution in [2.75, 3.05) is 39.6 Å². The lowest BCUT2D eigenvalue weighted by Crippen LogP contribution is -2.30. The molecule has 0 rings (SSSR count). The third-order valence-electron chi connectivity index (χ3n) is 19.5. The molecule has 7 atom stereocenters. The second kappa shape index (κ2) is 70.1. The second-order valence-electron chi connectivity index (χ2n) is 30.6. The number of carbonyl (C=O) groups excluding carboxylic acids is 4. The monoisotopic (exact) mass is 1470 g/mol. The Bertz CT molecular complexity index is 1960. The van der Waals surface area contributed by atoms with Crippen LogP contribution in [0.4, 0.5) is 0 Å². The maximum absolute atomic E-state index is 13.1. The van der Waals surface area contributed by atoms with Gasteiger partial charge in [-0.05, 0) is 49.4 Å². The summed E-state index contributed by atoms with van der Waals surface area (Å²) in [4.78, 5) is 73.0. The third-order valence-corrected chi connectivity index (χ3v) is 21.4. The number of esters is 4. The molecule has 19 heteroatoms. The first-order chi connectivity index (χ1) is 48.2. The molecule has 0 fully saturated rings. The van der Waals surface area contributed by atoms with Gasteiger partial charge in [-0.1, -0.05) is 364 Å². The Morgan fingerprint density at radius 1 is 0.280 bits per heavy atom. The van der Waals surface area contributed by atoms with Crippen LogP contribution in [0.5, 0.6) is 0 Å². The minimum atomic E-state index is -4.96. The largest absolute Gasteiger partial charge is 0.472 e. The van der Waals surface area contributed by atoms with Crippen molar-refractivity contribution in [2.24, 2.45) is 23.7 Å². The number of aliphatic hydroxyl groups excluding tert-OH is 1. The van der Waals surface area contributed by atoms with Crippen molar-refractivity contribution in [2.45, 2.75) is 433 Å². The first kappa shape index (κ1) is 98.1. The molecule has 3 N–H and O–H groups in total. The molecule has 17 nitrogen and oxygen atoms in total. The van der Waals surface area contributed by atoms with E-state index in [0.29, 0.717) is 31.6 Å². The Kier molecular flexibility index (Phi) is 68.7. The minimum absolute atomic E-state index is 0.105. The van der Waals surface area contributed by atoms with Gasteiger partial charge in [-0.15, -0.1) is 0 Å². The van der Waals surface area contributed by atoms with Crippen LogP contribution in [0.15, 0.2) is 0 Å². The molecule has 0 aromatic carbocycles. The molecule has 0 aromatic heterocycles. The molecule has 0 aromatic rings. The Morgan fingerprint density at radius 3 is 0.710 bits per heavy atom. The summed E-state index contributed by atoms with van der Waals surface area (Å²) in [6.45, 7) is 14.3. The molecule has 100 heavy (non-hydrogen) atoms. The average Bonchev–Trinajstić information content (AvgIpc) is 0.925. The van der Waals surface area contributed by atoms with E-state index in [1.54, 1.807) is 0 Å². The molecule has 0 spiro atoms. The molecular weight excluding hydrogens is 1310 g/mol. The SMILES string of the molecule is CCC(C)CCCCCCCCCCCCCCCCCCCCC(=O)OC[C@H](COP(=O)(O)OC[C@@H](O)COP(=O)(O)OC[C@@H](COC(=O)CCCCCCCCC(C)C)OC(=O)CCCCCCCCCCCCCCC(C)C)OC(=O)CCCCCCCCCCCCC(C)CC. The van der Waals surface area contributed by atoms with Gasteiger partial charge in [0.2, 0.25) is 0 Å². The number of phosphoric ester groups is 2. The minimum Gasteiger partial charge on any atom is -0.462 e. The second-order valence-corrected chi connectivity index (χ2v) is 33.5. The van der Waals surface area contributed by atoms with Crippen LogP contribution < -0.4 is 0 Å². The molecule has 0 aliphatic heterocycles. The van der Waals surface area contributed by atoms with E-state index in [1.807, 2.05) is 0 Å². The highest BCUT2D eigenvalue weighted by Crippen LogP contribution is 2.45. The van der Waals surface area contributed by atoms with Gasteiger partial charge in [0.05, 0.1) is 26.4 Å². The van der Waals surface area contributed by atoms with Crippen molar-refractivity contribution < 1.29 is 80.2 Å². The third kappa shape index (κ3) is 71.7. The van der Waals surface area contributed by atoms with Gasteiger partial charge >= 0.3 is 39.5 Å². The zero-order valence-corrected chi connectivity index (χ0v) is 67.6. The average molecular weight is 1470 g/mol. The number of unbranched alkanes of at least 4 members (excludes halogenated alkanes) is 42. The Hall–Kier alpha value is -1.94. The lowest BCUT2D eigenvalue weighted by Gasteiger charge is -2.21. The fourth-order valence-corrected chi connectivity index (χ4v) is 13.9. The van der Waals surface area contributed by atoms with E-state index in [0.717, 1.165) is 114 Å². The maximum atomic E-state index is 13.1. The van der Waals surface area contributed by atoms with Gasteiger partial charge in [-0.3, -0.25) is 37.3 Å². The van der Waals surface area contributed by atoms with Crippen LogP contribution in [0, 0.1) is 23.7 Å². The van der Waals surface area contributed by atoms with Crippen LogP contribution in [0.3, 0.4) is 0 Å². The molecule has 0 heterocycles. The van der Waals surface area contributed by atoms with Gasteiger partial charge in [0.15, 0.2) is 12.2 Å². The van der Waals surface area contributed by atoms with Crippen molar-refractivity contribution >= 4 is 39.5 Å². The van der Waals surface area contributed by atoms with E-state index in [2.05, 4.69) is 55.4 Å². The number of hydrogen-bond donors (Lipinski definition) is 3. The van der Waals surface area contributed by atoms with Crippen molar-refractivity contribution in [3.63, 3.8) is 0 Å². The molecule has 0 radical (unpaired) electrons. The number of aliphatic hydroxyl groups is 1. The van der Waals surface area contributed by atoms with Crippen molar-refractivity contribution in [3.05, 3.63) is 0 Å². The van der Waals surface area contributed by atoms with Gasteiger partial charge in [0, 0.05) is 25.7 Å². The van der Waals surface area contributed by atoms with Crippen molar-refractivity contribution in [1.82, 2.24) is 0 Å². The highest BCUT2D eigenvalue weighted by Gasteiger charge is 2.30. The summed E-state index contributed by atoms with van der Waals surface area (Å²) in [6, 6.07) is 0. The normalized spacial score (nSPS) is 14.6. The van der Waals surface area contributed by atoms with Crippen molar-refractivity contribution in [1.29, 1.82) is 0 Å². The zero-order valence-electron chi connectivity index (χ0n) is 65.8. The first-order valence-corrected chi connectivity index (χ1v) is 44.8. The van der Waals surface area contributed by atoms with Gasteiger partial charge in [-0.25, -0.2) is 9.13 Å². The first-order valence-electron chi connectivity index (χ1n) is 41.8. The molecule has 0 aliphatic rings. The van der Waals surface area contributed by atoms with Gasteiger partial charge in [0.1, 0.15) is 19.3 Å². The number of ether oxygens (including phenoxy) is 4. The fraction of sp³-hybridized carbons (Fsp3) is 0.951. The predicted molar refractivity (Wildman–Crippen MR) is 409 cm³/mol. The number of phosphoric acid groups is 2. The summed E-state index contributed by atoms with van der Waals surface area (Å²) in [5.74, 6) is 1.02. The summed E-state index contributed by atoms with van der Waals surface area (Å²) in [5, 5.41) is 10.6. The number of rotatable bonds is 78. The fourth-order valence-electron chi connectivity index (χ4n) is 12.4. The maximum Gasteiger partial charge on any atom is 0.472 e. The standard InChI is InChI=1S/C81H158O17P2/c1-9-73(7)59-51-43-34-28-22-17-15-13-11-12-14-16-18-23-30-36-45-53-61-78(83)91-67-76(97-81(86)64-56-48-38-32-26-25-29-35-44-52-60-74(8)10-2)69-95-99(87,88)93-65-75(82)66-94-100(89,90)96-70-77(68-92-79(84)62-54-46-40-39-42-50-58-72(5)6)98-80(85)63-55-47-37-31-24-20-19-21-27-33-41-49-57-71(3)4/h71-77,82H,9-70H2,1-8H3,(H,87,88)(H,89,90)/t73?,74?,75-,76-,77-/m1/s1. The van der Waals surface area contributed by atoms with Crippen LogP contribution in [-0.2, 0) is 65.4 Å². The Morgan fingerprint density at radius 2 is 0.480 bits per heavy atom. The van der Waals surface area contributed by atoms with Crippen molar-refractivity contribution in [3.8, 4) is 0 Å². The van der Waals surface area contributed by atoms with E-state index in [9.17, 15) is 43.2 Å². The lowest BCUT2D eigenvalue weighted by atomic mass is 9.99. The van der Waals surface area contributed by atoms with Gasteiger partial charge < -0.3 is 33.8 Å². The van der Waals surface area contributed by atoms with Crippen LogP contribution in [0.25, 0.3) is 0 Å². The summed E-state index contributed by atoms with van der Waals surface area (Å²) in [6.07, 6.45) is 57.0. The highest BCUT2D eigenvalue weighted by molar-refractivity contribution is 7.47. The number of hydrogen-bond acceptors (Lipinski definition) is 15. The topological polar surface area (TPSA) is 237 Å². The molecule has 0 saturated heterocycles. The molecule has 0 saturated carbocycles. The Labute approximate surface area is 613 Å². The molecule has 594 valence electrons. The van der Waals surface area contributed by atoms with E-state index < -0.39 is 97.5 Å². The summed E-state index contributed by atoms with van der Waals surface area (Å²) < 4.78 is 68.7. The Balaban J connectivity index is 5.18. The van der Waals surface area contributed by atoms with Crippen LogP contribution in [-0.4, -0.2) is 96.7 Å². The smallest absolute Gasteiger partial charge is 0.462 e. The highest BCUT2D eigenvalue weighted by atomic mass is 31.2. The lowest BCUT2D eigenvalue weighted by molar-refractivity contribution is -0.161. The molecule has 0 amide bonds. The van der Waals surface area contributed by atoms with E-state index in [1.165, 1.54) is 212 Å². The molecule has 4 unspecified atom stereocenters. The predicted octanol–water partition coefficient (Wildman–Crippen LogP) is 24.0. The quantitative estimate of drug-likeness (QED) is 0.0222. The van der Waals surface area contributed by atoms with E-state index in [4.69, 9.17) is 37.0 Å². The van der Waals surface area contributed by atoms with Gasteiger partial charge in [0.25, 0.3) is 0 Å². The van der Waals surface area contributed by atoms with Crippen LogP contribution >= 0.6 is 15.6 Å².